The van der Waals surface area contributed by atoms with Crippen LogP contribution in [0.5, 0.6) is 5.75 Å². The maximum absolute atomic E-state index is 12.2. The third-order valence-corrected chi connectivity index (χ3v) is 2.33. The molecule has 0 saturated carbocycles. The van der Waals surface area contributed by atoms with E-state index < -0.39 is 12.6 Å². The number of alkyl halides is 2. The fourth-order valence-corrected chi connectivity index (χ4v) is 1.69. The highest BCUT2D eigenvalue weighted by Crippen LogP contribution is 2.28. The number of hydrogen-bond acceptors (Lipinski definition) is 4. The largest absolute Gasteiger partial charge is 0.466 e. The van der Waals surface area contributed by atoms with Crippen LogP contribution in [0.3, 0.4) is 0 Å². The molecule has 0 amide bonds. The van der Waals surface area contributed by atoms with E-state index in [0.717, 1.165) is 6.07 Å². The first kappa shape index (κ1) is 15.2. The van der Waals surface area contributed by atoms with Gasteiger partial charge in [0, 0.05) is 11.1 Å². The van der Waals surface area contributed by atoms with E-state index in [1.165, 1.54) is 6.07 Å². The number of ether oxygens (including phenoxy) is 2. The molecule has 0 bridgehead atoms. The SMILES string of the molecule is CCOC(=O)Cc1cc(Cl)cc(OC(F)F)c1C#N. The molecule has 4 nitrogen and oxygen atoms in total. The van der Waals surface area contributed by atoms with Crippen LogP contribution < -0.4 is 4.74 Å². The zero-order valence-corrected chi connectivity index (χ0v) is 10.7. The van der Waals surface area contributed by atoms with Crippen molar-refractivity contribution in [1.29, 1.82) is 5.26 Å². The molecule has 0 atom stereocenters. The summed E-state index contributed by atoms with van der Waals surface area (Å²) in [7, 11) is 0. The number of nitriles is 1. The van der Waals surface area contributed by atoms with Crippen LogP contribution in [-0.4, -0.2) is 19.2 Å². The number of hydrogen-bond donors (Lipinski definition) is 0. The number of carbonyl (C=O) groups excluding carboxylic acids is 1. The maximum Gasteiger partial charge on any atom is 0.387 e. The number of rotatable bonds is 5. The Balaban J connectivity index is 3.13. The fraction of sp³-hybridized carbons (Fsp3) is 0.333. The van der Waals surface area contributed by atoms with Crippen molar-refractivity contribution in [3.05, 3.63) is 28.3 Å². The van der Waals surface area contributed by atoms with Crippen LogP contribution in [0.4, 0.5) is 8.78 Å². The minimum atomic E-state index is -3.08. The standard InChI is InChI=1S/C12H10ClF2NO3/c1-2-18-11(17)4-7-3-8(13)5-10(9(7)6-16)19-12(14)15/h3,5,12H,2,4H2,1H3. The van der Waals surface area contributed by atoms with Gasteiger partial charge in [0.05, 0.1) is 18.6 Å². The van der Waals surface area contributed by atoms with E-state index in [1.54, 1.807) is 13.0 Å². The minimum Gasteiger partial charge on any atom is -0.466 e. The Hall–Kier alpha value is -1.87. The summed E-state index contributed by atoms with van der Waals surface area (Å²) >= 11 is 5.74. The lowest BCUT2D eigenvalue weighted by atomic mass is 10.0. The van der Waals surface area contributed by atoms with E-state index in [-0.39, 0.29) is 34.9 Å². The van der Waals surface area contributed by atoms with Gasteiger partial charge in [-0.2, -0.15) is 14.0 Å². The zero-order chi connectivity index (χ0) is 14.4. The quantitative estimate of drug-likeness (QED) is 0.782. The van der Waals surface area contributed by atoms with E-state index in [1.807, 2.05) is 0 Å². The van der Waals surface area contributed by atoms with Crippen molar-refractivity contribution in [2.24, 2.45) is 0 Å². The Morgan fingerprint density at radius 2 is 2.21 bits per heavy atom. The van der Waals surface area contributed by atoms with Gasteiger partial charge in [-0.05, 0) is 18.6 Å². The lowest BCUT2D eigenvalue weighted by molar-refractivity contribution is -0.142. The van der Waals surface area contributed by atoms with Crippen molar-refractivity contribution < 1.29 is 23.0 Å². The second kappa shape index (κ2) is 6.90. The van der Waals surface area contributed by atoms with E-state index in [4.69, 9.17) is 21.6 Å². The molecule has 7 heteroatoms. The molecule has 0 fully saturated rings. The van der Waals surface area contributed by atoms with Crippen LogP contribution in [0.25, 0.3) is 0 Å². The van der Waals surface area contributed by atoms with Crippen molar-refractivity contribution in [1.82, 2.24) is 0 Å². The first-order valence-electron chi connectivity index (χ1n) is 5.30. The van der Waals surface area contributed by atoms with Gasteiger partial charge in [-0.3, -0.25) is 4.79 Å². The molecule has 102 valence electrons. The highest BCUT2D eigenvalue weighted by Gasteiger charge is 2.17. The number of nitrogens with zero attached hydrogens (tertiary/aromatic N) is 1. The summed E-state index contributed by atoms with van der Waals surface area (Å²) in [5, 5.41) is 9.07. The van der Waals surface area contributed by atoms with Gasteiger partial charge >= 0.3 is 12.6 Å². The number of benzene rings is 1. The zero-order valence-electron chi connectivity index (χ0n) is 9.95. The highest BCUT2D eigenvalue weighted by atomic mass is 35.5. The second-order valence-electron chi connectivity index (χ2n) is 3.41. The molecule has 0 aromatic heterocycles. The van der Waals surface area contributed by atoms with E-state index in [9.17, 15) is 13.6 Å². The first-order valence-corrected chi connectivity index (χ1v) is 5.68. The summed E-state index contributed by atoms with van der Waals surface area (Å²) in [6.45, 7) is -1.27. The van der Waals surface area contributed by atoms with Crippen LogP contribution in [0.2, 0.25) is 5.02 Å². The van der Waals surface area contributed by atoms with Gasteiger partial charge in [0.2, 0.25) is 0 Å². The predicted octanol–water partition coefficient (Wildman–Crippen LogP) is 2.92. The molecule has 0 aliphatic carbocycles. The average molecular weight is 290 g/mol. The molecular formula is C12H10ClF2NO3. The summed E-state index contributed by atoms with van der Waals surface area (Å²) in [6, 6.07) is 4.16. The predicted molar refractivity (Wildman–Crippen MR) is 63.1 cm³/mol. The molecule has 0 saturated heterocycles. The molecule has 0 aliphatic heterocycles. The van der Waals surface area contributed by atoms with Crippen LogP contribution in [0.15, 0.2) is 12.1 Å². The van der Waals surface area contributed by atoms with Gasteiger partial charge in [0.1, 0.15) is 11.8 Å². The van der Waals surface area contributed by atoms with Gasteiger partial charge < -0.3 is 9.47 Å². The summed E-state index contributed by atoms with van der Waals surface area (Å²) < 4.78 is 33.4. The molecule has 19 heavy (non-hydrogen) atoms. The molecule has 0 spiro atoms. The third kappa shape index (κ3) is 4.38. The molecule has 1 aromatic carbocycles. The third-order valence-electron chi connectivity index (χ3n) is 2.12. The molecule has 0 N–H and O–H groups in total. The summed E-state index contributed by atoms with van der Waals surface area (Å²) in [4.78, 5) is 11.4. The summed E-state index contributed by atoms with van der Waals surface area (Å²) in [5.74, 6) is -0.937. The van der Waals surface area contributed by atoms with Gasteiger partial charge in [0.15, 0.2) is 0 Å². The van der Waals surface area contributed by atoms with Gasteiger partial charge in [-0.15, -0.1) is 0 Å². The average Bonchev–Trinajstić information content (AvgIpc) is 2.27. The van der Waals surface area contributed by atoms with Gasteiger partial charge in [-0.25, -0.2) is 0 Å². The number of esters is 1. The van der Waals surface area contributed by atoms with E-state index in [2.05, 4.69) is 4.74 Å². The number of halogens is 3. The van der Waals surface area contributed by atoms with Crippen LogP contribution in [0, 0.1) is 11.3 Å². The first-order chi connectivity index (χ1) is 8.97. The molecule has 1 rings (SSSR count). The van der Waals surface area contributed by atoms with Crippen molar-refractivity contribution in [2.75, 3.05) is 6.61 Å². The Kier molecular flexibility index (Phi) is 5.52. The number of carbonyl (C=O) groups is 1. The van der Waals surface area contributed by atoms with E-state index >= 15 is 0 Å². The van der Waals surface area contributed by atoms with Gasteiger partial charge in [-0.1, -0.05) is 11.6 Å². The van der Waals surface area contributed by atoms with Gasteiger partial charge in [0.25, 0.3) is 0 Å². The Bertz CT molecular complexity index is 514. The lowest BCUT2D eigenvalue weighted by Gasteiger charge is -2.11. The maximum atomic E-state index is 12.2. The summed E-state index contributed by atoms with van der Waals surface area (Å²) in [6.07, 6.45) is -0.239. The van der Waals surface area contributed by atoms with Crippen molar-refractivity contribution in [2.45, 2.75) is 20.0 Å². The molecule has 0 radical (unpaired) electrons. The molecule has 0 aliphatic rings. The van der Waals surface area contributed by atoms with Crippen LogP contribution in [0.1, 0.15) is 18.1 Å². The molecule has 1 aromatic rings. The Labute approximate surface area is 113 Å². The second-order valence-corrected chi connectivity index (χ2v) is 3.85. The topological polar surface area (TPSA) is 59.3 Å². The van der Waals surface area contributed by atoms with Crippen molar-refractivity contribution in [3.8, 4) is 11.8 Å². The van der Waals surface area contributed by atoms with Crippen molar-refractivity contribution >= 4 is 17.6 Å². The highest BCUT2D eigenvalue weighted by molar-refractivity contribution is 6.30. The monoisotopic (exact) mass is 289 g/mol. The minimum absolute atomic E-state index is 0.0916. The lowest BCUT2D eigenvalue weighted by Crippen LogP contribution is -2.10. The normalized spacial score (nSPS) is 10.1. The smallest absolute Gasteiger partial charge is 0.387 e. The van der Waals surface area contributed by atoms with Crippen LogP contribution in [-0.2, 0) is 16.0 Å². The molecule has 0 unspecified atom stereocenters. The van der Waals surface area contributed by atoms with E-state index in [0.29, 0.717) is 0 Å². The molecular weight excluding hydrogens is 280 g/mol. The fourth-order valence-electron chi connectivity index (χ4n) is 1.46. The van der Waals surface area contributed by atoms with Crippen molar-refractivity contribution in [3.63, 3.8) is 0 Å². The molecule has 0 heterocycles. The Morgan fingerprint density at radius 1 is 1.53 bits per heavy atom. The van der Waals surface area contributed by atoms with Crippen LogP contribution >= 0.6 is 11.6 Å². The summed E-state index contributed by atoms with van der Waals surface area (Å²) in [5.41, 5.74) is 0.0295. The Morgan fingerprint density at radius 3 is 2.74 bits per heavy atom.